The van der Waals surface area contributed by atoms with Crippen LogP contribution in [0.25, 0.3) is 0 Å². The lowest BCUT2D eigenvalue weighted by Crippen LogP contribution is -2.41. The molecule has 0 bridgehead atoms. The van der Waals surface area contributed by atoms with Crippen molar-refractivity contribution in [1.82, 2.24) is 4.90 Å². The Morgan fingerprint density at radius 2 is 2.04 bits per heavy atom. The minimum Gasteiger partial charge on any atom is -0.392 e. The lowest BCUT2D eigenvalue weighted by molar-refractivity contribution is -0.118. The number of aliphatic hydroxyl groups is 1. The van der Waals surface area contributed by atoms with E-state index >= 15 is 0 Å². The molecule has 132 valence electrons. The number of nitrogens with one attached hydrogen (secondary N) is 1. The van der Waals surface area contributed by atoms with Crippen LogP contribution in [0.5, 0.6) is 0 Å². The summed E-state index contributed by atoms with van der Waals surface area (Å²) >= 11 is 1.56. The quantitative estimate of drug-likeness (QED) is 0.774. The lowest BCUT2D eigenvalue weighted by atomic mass is 10.1. The van der Waals surface area contributed by atoms with E-state index in [1.807, 2.05) is 18.7 Å². The number of amides is 1. The molecular weight excluding hydrogens is 322 g/mol. The lowest BCUT2D eigenvalue weighted by Gasteiger charge is -2.26. The Morgan fingerprint density at radius 3 is 2.67 bits per heavy atom. The molecule has 2 rings (SSSR count). The van der Waals surface area contributed by atoms with Gasteiger partial charge in [-0.1, -0.05) is 6.42 Å². The number of carbonyl (C=O) groups is 1. The van der Waals surface area contributed by atoms with Gasteiger partial charge in [0.1, 0.15) is 11.1 Å². The minimum absolute atomic E-state index is 0.128. The van der Waals surface area contributed by atoms with Crippen molar-refractivity contribution in [3.05, 3.63) is 16.0 Å². The topological polar surface area (TPSA) is 76.4 Å². The van der Waals surface area contributed by atoms with Crippen LogP contribution in [0.15, 0.2) is 0 Å². The van der Waals surface area contributed by atoms with Crippen LogP contribution < -0.4 is 5.32 Å². The molecule has 24 heavy (non-hydrogen) atoms. The van der Waals surface area contributed by atoms with Gasteiger partial charge in [0, 0.05) is 17.5 Å². The van der Waals surface area contributed by atoms with Crippen LogP contribution in [-0.2, 0) is 17.6 Å². The Balaban J connectivity index is 2.10. The van der Waals surface area contributed by atoms with Gasteiger partial charge in [-0.3, -0.25) is 9.69 Å². The van der Waals surface area contributed by atoms with E-state index < -0.39 is 6.10 Å². The van der Waals surface area contributed by atoms with E-state index in [2.05, 4.69) is 11.4 Å². The maximum atomic E-state index is 12.4. The second kappa shape index (κ2) is 8.61. The van der Waals surface area contributed by atoms with Gasteiger partial charge in [0.05, 0.1) is 18.2 Å². The molecule has 0 saturated heterocycles. The largest absolute Gasteiger partial charge is 0.392 e. The third-order valence-corrected chi connectivity index (χ3v) is 5.57. The number of nitriles is 1. The zero-order chi connectivity index (χ0) is 17.7. The fourth-order valence-electron chi connectivity index (χ4n) is 3.10. The van der Waals surface area contributed by atoms with Crippen molar-refractivity contribution in [3.8, 4) is 6.07 Å². The van der Waals surface area contributed by atoms with Gasteiger partial charge < -0.3 is 10.4 Å². The number of hydrogen-bond donors (Lipinski definition) is 2. The third-order valence-electron chi connectivity index (χ3n) is 4.36. The highest BCUT2D eigenvalue weighted by atomic mass is 32.1. The average Bonchev–Trinajstić information content (AvgIpc) is 2.66. The molecule has 0 radical (unpaired) electrons. The number of nitrogens with zero attached hydrogens (tertiary/aromatic N) is 2. The summed E-state index contributed by atoms with van der Waals surface area (Å²) in [5.74, 6) is -0.128. The van der Waals surface area contributed by atoms with Crippen LogP contribution in [0.2, 0.25) is 0 Å². The second-order valence-electron chi connectivity index (χ2n) is 6.80. The van der Waals surface area contributed by atoms with Crippen LogP contribution in [0.1, 0.15) is 56.0 Å². The van der Waals surface area contributed by atoms with Gasteiger partial charge in [0.15, 0.2) is 0 Å². The van der Waals surface area contributed by atoms with Crippen molar-refractivity contribution in [1.29, 1.82) is 5.26 Å². The Bertz CT molecular complexity index is 617. The first-order valence-corrected chi connectivity index (χ1v) is 9.50. The van der Waals surface area contributed by atoms with Gasteiger partial charge in [-0.05, 0) is 52.0 Å². The van der Waals surface area contributed by atoms with Crippen molar-refractivity contribution in [2.45, 2.75) is 65.0 Å². The molecule has 1 aliphatic rings. The molecule has 1 aromatic heterocycles. The normalized spacial score (nSPS) is 15.7. The average molecular weight is 350 g/mol. The SMILES string of the molecule is CC(O)CN(CC(=O)Nc1sc2c(c1C#N)CCCCC2)C(C)C. The number of aryl methyl sites for hydroxylation is 1. The van der Waals surface area contributed by atoms with E-state index in [0.29, 0.717) is 17.1 Å². The predicted octanol–water partition coefficient (Wildman–Crippen LogP) is 2.92. The summed E-state index contributed by atoms with van der Waals surface area (Å²) in [4.78, 5) is 15.6. The minimum atomic E-state index is -0.479. The molecule has 1 heterocycles. The first kappa shape index (κ1) is 18.9. The molecule has 0 aliphatic heterocycles. The number of carbonyl (C=O) groups excluding carboxylic acids is 1. The first-order chi connectivity index (χ1) is 11.4. The molecule has 1 aliphatic carbocycles. The fourth-order valence-corrected chi connectivity index (χ4v) is 4.35. The van der Waals surface area contributed by atoms with Crippen molar-refractivity contribution >= 4 is 22.2 Å². The predicted molar refractivity (Wildman–Crippen MR) is 97.3 cm³/mol. The van der Waals surface area contributed by atoms with E-state index in [1.165, 1.54) is 11.3 Å². The highest BCUT2D eigenvalue weighted by Crippen LogP contribution is 2.36. The summed E-state index contributed by atoms with van der Waals surface area (Å²) in [5.41, 5.74) is 1.79. The van der Waals surface area contributed by atoms with Crippen LogP contribution in [0, 0.1) is 11.3 Å². The smallest absolute Gasteiger partial charge is 0.239 e. The van der Waals surface area contributed by atoms with Gasteiger partial charge in [0.2, 0.25) is 5.91 Å². The van der Waals surface area contributed by atoms with Crippen molar-refractivity contribution in [2.24, 2.45) is 0 Å². The molecule has 6 heteroatoms. The van der Waals surface area contributed by atoms with Crippen molar-refractivity contribution in [3.63, 3.8) is 0 Å². The summed E-state index contributed by atoms with van der Waals surface area (Å²) in [6.07, 6.45) is 4.93. The summed E-state index contributed by atoms with van der Waals surface area (Å²) < 4.78 is 0. The third kappa shape index (κ3) is 4.79. The second-order valence-corrected chi connectivity index (χ2v) is 7.91. The molecule has 1 amide bonds. The zero-order valence-electron chi connectivity index (χ0n) is 14.8. The summed E-state index contributed by atoms with van der Waals surface area (Å²) in [6, 6.07) is 2.45. The van der Waals surface area contributed by atoms with Crippen molar-refractivity contribution in [2.75, 3.05) is 18.4 Å². The number of thiophene rings is 1. The van der Waals surface area contributed by atoms with Crippen molar-refractivity contribution < 1.29 is 9.90 Å². The van der Waals surface area contributed by atoms with Crippen LogP contribution >= 0.6 is 11.3 Å². The molecule has 0 aromatic carbocycles. The van der Waals surface area contributed by atoms with E-state index in [4.69, 9.17) is 0 Å². The van der Waals surface area contributed by atoms with Gasteiger partial charge in [-0.2, -0.15) is 5.26 Å². The zero-order valence-corrected chi connectivity index (χ0v) is 15.6. The van der Waals surface area contributed by atoms with E-state index in [1.54, 1.807) is 18.3 Å². The molecule has 1 unspecified atom stereocenters. The highest BCUT2D eigenvalue weighted by molar-refractivity contribution is 7.16. The molecule has 0 spiro atoms. The standard InChI is InChI=1S/C18H27N3O2S/c1-12(2)21(10-13(3)22)11-17(23)20-18-15(9-19)14-7-5-4-6-8-16(14)24-18/h12-13,22H,4-8,10-11H2,1-3H3,(H,20,23). The summed E-state index contributed by atoms with van der Waals surface area (Å²) in [6.45, 7) is 6.40. The molecular formula is C18H27N3O2S. The van der Waals surface area contributed by atoms with E-state index in [9.17, 15) is 15.2 Å². The molecule has 1 aromatic rings. The van der Waals surface area contributed by atoms with Crippen LogP contribution in [-0.4, -0.2) is 41.1 Å². The van der Waals surface area contributed by atoms with Gasteiger partial charge in [-0.25, -0.2) is 0 Å². The molecule has 1 atom stereocenters. The number of hydrogen-bond acceptors (Lipinski definition) is 5. The summed E-state index contributed by atoms with van der Waals surface area (Å²) in [7, 11) is 0. The number of anilines is 1. The Labute approximate surface area is 148 Å². The van der Waals surface area contributed by atoms with E-state index in [-0.39, 0.29) is 18.5 Å². The summed E-state index contributed by atoms with van der Waals surface area (Å²) in [5, 5.41) is 22.7. The number of fused-ring (bicyclic) bond motifs is 1. The maximum Gasteiger partial charge on any atom is 0.239 e. The van der Waals surface area contributed by atoms with Crippen LogP contribution in [0.4, 0.5) is 5.00 Å². The molecule has 0 fully saturated rings. The van der Waals surface area contributed by atoms with E-state index in [0.717, 1.165) is 31.2 Å². The molecule has 2 N–H and O–H groups in total. The molecule has 0 saturated carbocycles. The Kier molecular flexibility index (Phi) is 6.79. The van der Waals surface area contributed by atoms with Crippen LogP contribution in [0.3, 0.4) is 0 Å². The number of aliphatic hydroxyl groups excluding tert-OH is 1. The van der Waals surface area contributed by atoms with Gasteiger partial charge >= 0.3 is 0 Å². The van der Waals surface area contributed by atoms with Gasteiger partial charge in [-0.15, -0.1) is 11.3 Å². The Morgan fingerprint density at radius 1 is 1.33 bits per heavy atom. The highest BCUT2D eigenvalue weighted by Gasteiger charge is 2.22. The molecule has 5 nitrogen and oxygen atoms in total. The Hall–Kier alpha value is -1.42. The first-order valence-electron chi connectivity index (χ1n) is 8.69. The monoisotopic (exact) mass is 349 g/mol. The maximum absolute atomic E-state index is 12.4. The van der Waals surface area contributed by atoms with Gasteiger partial charge in [0.25, 0.3) is 0 Å². The fraction of sp³-hybridized carbons (Fsp3) is 0.667. The number of rotatable bonds is 6.